The minimum atomic E-state index is -0.326. The van der Waals surface area contributed by atoms with E-state index < -0.39 is 0 Å². The summed E-state index contributed by atoms with van der Waals surface area (Å²) < 4.78 is 10.4. The molecule has 1 saturated heterocycles. The molecule has 0 saturated carbocycles. The van der Waals surface area contributed by atoms with Gasteiger partial charge in [-0.1, -0.05) is 18.3 Å². The zero-order valence-electron chi connectivity index (χ0n) is 10.9. The summed E-state index contributed by atoms with van der Waals surface area (Å²) in [5, 5.41) is 0.873. The van der Waals surface area contributed by atoms with Crippen molar-refractivity contribution in [2.24, 2.45) is 0 Å². The molecule has 2 atom stereocenters. The lowest BCUT2D eigenvalue weighted by Gasteiger charge is -2.38. The highest BCUT2D eigenvalue weighted by Gasteiger charge is 2.28. The zero-order valence-corrected chi connectivity index (χ0v) is 11.7. The highest BCUT2D eigenvalue weighted by molar-refractivity contribution is 7.17. The first-order chi connectivity index (χ1) is 8.65. The topological polar surface area (TPSA) is 51.7 Å². The summed E-state index contributed by atoms with van der Waals surface area (Å²) in [4.78, 5) is 18.5. The van der Waals surface area contributed by atoms with E-state index in [2.05, 4.69) is 16.8 Å². The van der Waals surface area contributed by atoms with E-state index in [1.54, 1.807) is 6.20 Å². The molecule has 0 amide bonds. The Morgan fingerprint density at radius 3 is 3.17 bits per heavy atom. The van der Waals surface area contributed by atoms with Crippen LogP contribution in [-0.4, -0.2) is 43.4 Å². The Morgan fingerprint density at radius 2 is 2.50 bits per heavy atom. The molecule has 1 aliphatic heterocycles. The highest BCUT2D eigenvalue weighted by atomic mass is 32.1. The minimum absolute atomic E-state index is 0.193. The molecule has 2 unspecified atom stereocenters. The average Bonchev–Trinajstić information content (AvgIpc) is 2.87. The van der Waals surface area contributed by atoms with Gasteiger partial charge in [0.2, 0.25) is 0 Å². The Hall–Kier alpha value is -1.14. The van der Waals surface area contributed by atoms with Crippen molar-refractivity contribution in [1.82, 2.24) is 4.98 Å². The van der Waals surface area contributed by atoms with Gasteiger partial charge >= 0.3 is 5.97 Å². The van der Waals surface area contributed by atoms with Crippen molar-refractivity contribution in [3.05, 3.63) is 11.1 Å². The molecule has 2 rings (SSSR count). The van der Waals surface area contributed by atoms with E-state index in [1.165, 1.54) is 18.4 Å². The third-order valence-electron chi connectivity index (χ3n) is 3.06. The number of aromatic nitrogens is 1. The van der Waals surface area contributed by atoms with Crippen molar-refractivity contribution in [1.29, 1.82) is 0 Å². The van der Waals surface area contributed by atoms with Gasteiger partial charge in [0.25, 0.3) is 0 Å². The quantitative estimate of drug-likeness (QED) is 0.786. The van der Waals surface area contributed by atoms with Crippen LogP contribution in [0.4, 0.5) is 5.13 Å². The van der Waals surface area contributed by atoms with E-state index in [4.69, 9.17) is 9.47 Å². The van der Waals surface area contributed by atoms with E-state index in [9.17, 15) is 4.79 Å². The van der Waals surface area contributed by atoms with Crippen LogP contribution < -0.4 is 4.90 Å². The van der Waals surface area contributed by atoms with Crippen LogP contribution in [0.5, 0.6) is 0 Å². The summed E-state index contributed by atoms with van der Waals surface area (Å²) in [5.74, 6) is -0.326. The predicted molar refractivity (Wildman–Crippen MR) is 70.3 cm³/mol. The van der Waals surface area contributed by atoms with Crippen LogP contribution in [0.15, 0.2) is 6.20 Å². The highest BCUT2D eigenvalue weighted by Crippen LogP contribution is 2.28. The van der Waals surface area contributed by atoms with Gasteiger partial charge in [0.15, 0.2) is 5.13 Å². The largest absolute Gasteiger partial charge is 0.465 e. The first kappa shape index (κ1) is 13.3. The number of methoxy groups -OCH3 is 1. The Bertz CT molecular complexity index is 421. The van der Waals surface area contributed by atoms with Gasteiger partial charge in [0, 0.05) is 6.54 Å². The summed E-state index contributed by atoms with van der Waals surface area (Å²) in [5.41, 5.74) is 0. The fourth-order valence-corrected chi connectivity index (χ4v) is 2.92. The maximum Gasteiger partial charge on any atom is 0.349 e. The number of hydrogen-bond donors (Lipinski definition) is 0. The maximum atomic E-state index is 11.4. The van der Waals surface area contributed by atoms with Gasteiger partial charge in [0.1, 0.15) is 4.88 Å². The average molecular weight is 270 g/mol. The van der Waals surface area contributed by atoms with Crippen molar-refractivity contribution in [3.63, 3.8) is 0 Å². The minimum Gasteiger partial charge on any atom is -0.465 e. The summed E-state index contributed by atoms with van der Waals surface area (Å²) in [6, 6.07) is 0.331. The molecule has 0 aliphatic carbocycles. The van der Waals surface area contributed by atoms with E-state index in [0.717, 1.165) is 18.1 Å². The van der Waals surface area contributed by atoms with Crippen LogP contribution in [0.2, 0.25) is 0 Å². The van der Waals surface area contributed by atoms with Crippen molar-refractivity contribution >= 4 is 22.4 Å². The van der Waals surface area contributed by atoms with Crippen molar-refractivity contribution in [3.8, 4) is 0 Å². The number of carbonyl (C=O) groups is 1. The van der Waals surface area contributed by atoms with Crippen molar-refractivity contribution in [2.75, 3.05) is 25.2 Å². The number of anilines is 1. The summed E-state index contributed by atoms with van der Waals surface area (Å²) in [6.45, 7) is 5.71. The molecule has 1 fully saturated rings. The summed E-state index contributed by atoms with van der Waals surface area (Å²) >= 11 is 1.38. The molecule has 6 heteroatoms. The second kappa shape index (κ2) is 5.67. The molecule has 0 N–H and O–H groups in total. The lowest BCUT2D eigenvalue weighted by Crippen LogP contribution is -2.48. The number of carbonyl (C=O) groups excluding carboxylic acids is 1. The molecule has 1 aromatic rings. The lowest BCUT2D eigenvalue weighted by molar-refractivity contribution is 0.0299. The SMILES string of the molecule is CCC1COC(C)CN1c1ncc(C(=O)OC)s1. The lowest BCUT2D eigenvalue weighted by atomic mass is 10.1. The number of esters is 1. The normalized spacial score (nSPS) is 24.1. The third kappa shape index (κ3) is 2.64. The van der Waals surface area contributed by atoms with Gasteiger partial charge in [-0.2, -0.15) is 0 Å². The second-order valence-corrected chi connectivity index (χ2v) is 5.37. The van der Waals surface area contributed by atoms with Gasteiger partial charge in [-0.05, 0) is 13.3 Å². The van der Waals surface area contributed by atoms with Crippen LogP contribution in [0, 0.1) is 0 Å². The van der Waals surface area contributed by atoms with Gasteiger partial charge in [-0.15, -0.1) is 0 Å². The molecule has 0 bridgehead atoms. The van der Waals surface area contributed by atoms with Gasteiger partial charge in [-0.25, -0.2) is 9.78 Å². The summed E-state index contributed by atoms with van der Waals surface area (Å²) in [6.07, 6.45) is 2.77. The number of hydrogen-bond acceptors (Lipinski definition) is 6. The molecule has 0 radical (unpaired) electrons. The van der Waals surface area contributed by atoms with Gasteiger partial charge < -0.3 is 14.4 Å². The molecule has 18 heavy (non-hydrogen) atoms. The fourth-order valence-electron chi connectivity index (χ4n) is 2.01. The Balaban J connectivity index is 2.17. The number of ether oxygens (including phenoxy) is 2. The van der Waals surface area contributed by atoms with E-state index in [0.29, 0.717) is 17.5 Å². The first-order valence-corrected chi connectivity index (χ1v) is 6.89. The number of thiazole rings is 1. The van der Waals surface area contributed by atoms with E-state index >= 15 is 0 Å². The molecule has 100 valence electrons. The number of morpholine rings is 1. The molecular weight excluding hydrogens is 252 g/mol. The van der Waals surface area contributed by atoms with Gasteiger partial charge in [-0.3, -0.25) is 0 Å². The molecule has 0 spiro atoms. The third-order valence-corrected chi connectivity index (χ3v) is 4.08. The van der Waals surface area contributed by atoms with Crippen LogP contribution in [0.1, 0.15) is 29.9 Å². The smallest absolute Gasteiger partial charge is 0.349 e. The Morgan fingerprint density at radius 1 is 1.72 bits per heavy atom. The second-order valence-electron chi connectivity index (χ2n) is 4.36. The van der Waals surface area contributed by atoms with Gasteiger partial charge in [0.05, 0.1) is 32.1 Å². The summed E-state index contributed by atoms with van der Waals surface area (Å²) in [7, 11) is 1.38. The molecule has 1 aromatic heterocycles. The predicted octanol–water partition coefficient (Wildman–Crippen LogP) is 1.93. The number of nitrogens with zero attached hydrogens (tertiary/aromatic N) is 2. The Kier molecular flexibility index (Phi) is 4.19. The Labute approximate surface area is 111 Å². The van der Waals surface area contributed by atoms with Crippen LogP contribution in [0.25, 0.3) is 0 Å². The monoisotopic (exact) mass is 270 g/mol. The zero-order chi connectivity index (χ0) is 13.1. The van der Waals surface area contributed by atoms with Crippen molar-refractivity contribution < 1.29 is 14.3 Å². The molecule has 5 nitrogen and oxygen atoms in total. The molecular formula is C12H18N2O3S. The van der Waals surface area contributed by atoms with Crippen molar-refractivity contribution in [2.45, 2.75) is 32.4 Å². The van der Waals surface area contributed by atoms with E-state index in [-0.39, 0.29) is 12.1 Å². The molecule has 1 aliphatic rings. The van der Waals surface area contributed by atoms with E-state index in [1.807, 2.05) is 6.92 Å². The van der Waals surface area contributed by atoms with Crippen LogP contribution in [0.3, 0.4) is 0 Å². The molecule has 0 aromatic carbocycles. The number of rotatable bonds is 3. The standard InChI is InChI=1S/C12H18N2O3S/c1-4-9-7-17-8(2)6-14(9)12-13-5-10(18-12)11(15)16-3/h5,8-9H,4,6-7H2,1-3H3. The van der Waals surface area contributed by atoms with Crippen LogP contribution >= 0.6 is 11.3 Å². The first-order valence-electron chi connectivity index (χ1n) is 6.08. The molecule has 2 heterocycles. The maximum absolute atomic E-state index is 11.4. The van der Waals surface area contributed by atoms with Crippen LogP contribution in [-0.2, 0) is 9.47 Å². The fraction of sp³-hybridized carbons (Fsp3) is 0.667.